The quantitative estimate of drug-likeness (QED) is 0.409. The van der Waals surface area contributed by atoms with Gasteiger partial charge in [-0.15, -0.1) is 0 Å². The molecule has 0 aromatic carbocycles. The Morgan fingerprint density at radius 1 is 1.31 bits per heavy atom. The van der Waals surface area contributed by atoms with E-state index in [4.69, 9.17) is 0 Å². The molecule has 0 saturated carbocycles. The van der Waals surface area contributed by atoms with Crippen molar-refractivity contribution < 1.29 is 4.39 Å². The van der Waals surface area contributed by atoms with Crippen molar-refractivity contribution in [2.24, 2.45) is 5.92 Å². The first kappa shape index (κ1) is 10.7. The maximum atomic E-state index is 13.3. The van der Waals surface area contributed by atoms with Gasteiger partial charge in [-0.3, -0.25) is 0 Å². The van der Waals surface area contributed by atoms with Crippen LogP contribution in [0.1, 0.15) is 52.4 Å². The van der Waals surface area contributed by atoms with Gasteiger partial charge in [-0.1, -0.05) is 45.6 Å². The molecule has 0 radical (unpaired) electrons. The highest BCUT2D eigenvalue weighted by molar-refractivity contribution is 5.32. The van der Waals surface area contributed by atoms with Crippen molar-refractivity contribution in [1.29, 1.82) is 0 Å². The van der Waals surface area contributed by atoms with Crippen molar-refractivity contribution in [1.82, 2.24) is 0 Å². The average molecular weight is 184 g/mol. The molecule has 0 heterocycles. The van der Waals surface area contributed by atoms with E-state index in [1.165, 1.54) is 25.7 Å². The van der Waals surface area contributed by atoms with Crippen LogP contribution in [0.3, 0.4) is 0 Å². The van der Waals surface area contributed by atoms with E-state index >= 15 is 0 Å². The molecule has 0 aromatic rings. The topological polar surface area (TPSA) is 0 Å². The Balaban J connectivity index is 2.04. The van der Waals surface area contributed by atoms with E-state index in [0.717, 1.165) is 18.4 Å². The second kappa shape index (κ2) is 5.41. The van der Waals surface area contributed by atoms with E-state index < -0.39 is 6.17 Å². The highest BCUT2D eigenvalue weighted by Gasteiger charge is 2.30. The SMILES string of the molecule is CCCCC[C@@H]1C=C1C(F)CCC. The van der Waals surface area contributed by atoms with Crippen LogP contribution in [0.2, 0.25) is 0 Å². The summed E-state index contributed by atoms with van der Waals surface area (Å²) >= 11 is 0. The van der Waals surface area contributed by atoms with E-state index in [-0.39, 0.29) is 0 Å². The van der Waals surface area contributed by atoms with Crippen LogP contribution in [0.4, 0.5) is 4.39 Å². The van der Waals surface area contributed by atoms with Crippen LogP contribution in [0.5, 0.6) is 0 Å². The molecule has 0 saturated heterocycles. The summed E-state index contributed by atoms with van der Waals surface area (Å²) in [6.45, 7) is 4.25. The van der Waals surface area contributed by atoms with Crippen LogP contribution in [0.15, 0.2) is 11.6 Å². The maximum absolute atomic E-state index is 13.3. The number of hydrogen-bond donors (Lipinski definition) is 0. The lowest BCUT2D eigenvalue weighted by Gasteiger charge is -2.04. The number of hydrogen-bond acceptors (Lipinski definition) is 0. The van der Waals surface area contributed by atoms with Gasteiger partial charge >= 0.3 is 0 Å². The first-order valence-electron chi connectivity index (χ1n) is 5.65. The highest BCUT2D eigenvalue weighted by Crippen LogP contribution is 2.38. The van der Waals surface area contributed by atoms with Crippen molar-refractivity contribution >= 4 is 0 Å². The van der Waals surface area contributed by atoms with Crippen molar-refractivity contribution in [2.75, 3.05) is 0 Å². The molecule has 76 valence electrons. The Morgan fingerprint density at radius 3 is 2.69 bits per heavy atom. The molecule has 0 aliphatic heterocycles. The minimum absolute atomic E-state index is 0.535. The zero-order valence-corrected chi connectivity index (χ0v) is 8.85. The Morgan fingerprint density at radius 2 is 2.08 bits per heavy atom. The van der Waals surface area contributed by atoms with Gasteiger partial charge < -0.3 is 0 Å². The predicted octanol–water partition coefficient (Wildman–Crippen LogP) is 4.26. The summed E-state index contributed by atoms with van der Waals surface area (Å²) in [5.74, 6) is 0.535. The molecule has 13 heavy (non-hydrogen) atoms. The monoisotopic (exact) mass is 184 g/mol. The van der Waals surface area contributed by atoms with Gasteiger partial charge in [-0.25, -0.2) is 4.39 Å². The van der Waals surface area contributed by atoms with Crippen LogP contribution in [-0.2, 0) is 0 Å². The maximum Gasteiger partial charge on any atom is 0.122 e. The van der Waals surface area contributed by atoms with E-state index in [0.29, 0.717) is 5.92 Å². The summed E-state index contributed by atoms with van der Waals surface area (Å²) < 4.78 is 13.3. The number of rotatable bonds is 7. The first-order chi connectivity index (χ1) is 6.29. The molecular weight excluding hydrogens is 163 g/mol. The van der Waals surface area contributed by atoms with Crippen LogP contribution < -0.4 is 0 Å². The van der Waals surface area contributed by atoms with Gasteiger partial charge in [0.2, 0.25) is 0 Å². The average Bonchev–Trinajstić information content (AvgIpc) is 2.85. The largest absolute Gasteiger partial charge is 0.243 e. The molecule has 0 N–H and O–H groups in total. The molecule has 1 heteroatoms. The molecule has 0 nitrogen and oxygen atoms in total. The molecule has 0 aromatic heterocycles. The Bertz CT molecular complexity index is 172. The van der Waals surface area contributed by atoms with Crippen LogP contribution in [0.25, 0.3) is 0 Å². The van der Waals surface area contributed by atoms with Crippen LogP contribution >= 0.6 is 0 Å². The van der Waals surface area contributed by atoms with Gasteiger partial charge in [0.15, 0.2) is 0 Å². The van der Waals surface area contributed by atoms with E-state index in [1.807, 2.05) is 6.92 Å². The fraction of sp³-hybridized carbons (Fsp3) is 0.833. The molecule has 0 amide bonds. The van der Waals surface area contributed by atoms with Crippen molar-refractivity contribution in [3.05, 3.63) is 11.6 Å². The molecule has 1 rings (SSSR count). The Labute approximate surface area is 81.2 Å². The second-order valence-corrected chi connectivity index (χ2v) is 4.03. The van der Waals surface area contributed by atoms with Gasteiger partial charge in [0.05, 0.1) is 0 Å². The summed E-state index contributed by atoms with van der Waals surface area (Å²) in [7, 11) is 0. The summed E-state index contributed by atoms with van der Waals surface area (Å²) in [5, 5.41) is 0. The molecule has 1 unspecified atom stereocenters. The summed E-state index contributed by atoms with van der Waals surface area (Å²) in [6, 6.07) is 0. The van der Waals surface area contributed by atoms with Crippen molar-refractivity contribution in [3.8, 4) is 0 Å². The Hall–Kier alpha value is -0.330. The third-order valence-electron chi connectivity index (χ3n) is 2.74. The molecule has 1 aliphatic rings. The van der Waals surface area contributed by atoms with Crippen LogP contribution in [0, 0.1) is 5.92 Å². The van der Waals surface area contributed by atoms with Gasteiger partial charge in [0.25, 0.3) is 0 Å². The van der Waals surface area contributed by atoms with Gasteiger partial charge in [-0.05, 0) is 18.4 Å². The number of halogens is 1. The molecule has 0 fully saturated rings. The minimum atomic E-state index is -0.628. The molecule has 2 atom stereocenters. The number of unbranched alkanes of at least 4 members (excludes halogenated alkanes) is 2. The fourth-order valence-corrected chi connectivity index (χ4v) is 1.81. The standard InChI is InChI=1S/C12H21F/c1-3-5-6-8-10-9-11(10)12(13)7-4-2/h9-10,12H,3-8H2,1-2H3/t10-,12?/m1/s1. The third kappa shape index (κ3) is 3.50. The molecule has 0 bridgehead atoms. The zero-order chi connectivity index (χ0) is 9.68. The van der Waals surface area contributed by atoms with Gasteiger partial charge in [0, 0.05) is 5.92 Å². The van der Waals surface area contributed by atoms with Gasteiger partial charge in [-0.2, -0.15) is 0 Å². The number of alkyl halides is 1. The molecule has 1 aliphatic carbocycles. The van der Waals surface area contributed by atoms with Crippen LogP contribution in [-0.4, -0.2) is 6.17 Å². The van der Waals surface area contributed by atoms with Crippen molar-refractivity contribution in [3.63, 3.8) is 0 Å². The molecular formula is C12H21F. The van der Waals surface area contributed by atoms with Crippen molar-refractivity contribution in [2.45, 2.75) is 58.5 Å². The van der Waals surface area contributed by atoms with Gasteiger partial charge in [0.1, 0.15) is 6.17 Å². The first-order valence-corrected chi connectivity index (χ1v) is 5.65. The highest BCUT2D eigenvalue weighted by atomic mass is 19.1. The summed E-state index contributed by atoms with van der Waals surface area (Å²) in [6.07, 6.45) is 8.18. The normalized spacial score (nSPS) is 22.7. The van der Waals surface area contributed by atoms with E-state index in [9.17, 15) is 4.39 Å². The van der Waals surface area contributed by atoms with E-state index in [2.05, 4.69) is 13.0 Å². The summed E-state index contributed by atoms with van der Waals surface area (Å²) in [5.41, 5.74) is 1.10. The lowest BCUT2D eigenvalue weighted by atomic mass is 10.1. The summed E-state index contributed by atoms with van der Waals surface area (Å²) in [4.78, 5) is 0. The number of allylic oxidation sites excluding steroid dienone is 2. The van der Waals surface area contributed by atoms with E-state index in [1.54, 1.807) is 0 Å². The zero-order valence-electron chi connectivity index (χ0n) is 8.85. The lowest BCUT2D eigenvalue weighted by Crippen LogP contribution is -1.99. The lowest BCUT2D eigenvalue weighted by molar-refractivity contribution is 0.355. The fourth-order valence-electron chi connectivity index (χ4n) is 1.81. The predicted molar refractivity (Wildman–Crippen MR) is 55.5 cm³/mol. The third-order valence-corrected chi connectivity index (χ3v) is 2.74. The molecule has 0 spiro atoms. The minimum Gasteiger partial charge on any atom is -0.243 e. The smallest absolute Gasteiger partial charge is 0.122 e. The second-order valence-electron chi connectivity index (χ2n) is 4.03. The Kier molecular flexibility index (Phi) is 4.47.